The molecule has 0 bridgehead atoms. The van der Waals surface area contributed by atoms with Crippen molar-refractivity contribution in [2.75, 3.05) is 14.2 Å². The molecule has 0 saturated heterocycles. The summed E-state index contributed by atoms with van der Waals surface area (Å²) in [5.41, 5.74) is 3.97. The summed E-state index contributed by atoms with van der Waals surface area (Å²) in [5, 5.41) is 0. The second kappa shape index (κ2) is 10.0. The molecule has 21 heavy (non-hydrogen) atoms. The van der Waals surface area contributed by atoms with Crippen LogP contribution in [0.2, 0.25) is 0 Å². The first-order valence-corrected chi connectivity index (χ1v) is 8.35. The van der Waals surface area contributed by atoms with E-state index in [-0.39, 0.29) is 6.04 Å². The van der Waals surface area contributed by atoms with Gasteiger partial charge < -0.3 is 9.47 Å². The van der Waals surface area contributed by atoms with Crippen molar-refractivity contribution in [2.45, 2.75) is 51.5 Å². The first kappa shape index (κ1) is 18.3. The summed E-state index contributed by atoms with van der Waals surface area (Å²) < 4.78 is 11.7. The van der Waals surface area contributed by atoms with Crippen molar-refractivity contribution in [2.24, 2.45) is 5.84 Å². The highest BCUT2D eigenvalue weighted by atomic mass is 79.9. The van der Waals surface area contributed by atoms with Gasteiger partial charge in [0.1, 0.15) is 16.0 Å². The Morgan fingerprint density at radius 1 is 1.14 bits per heavy atom. The summed E-state index contributed by atoms with van der Waals surface area (Å²) in [6.07, 6.45) is 7.25. The molecule has 0 saturated carbocycles. The number of hydrazine groups is 1. The maximum Gasteiger partial charge on any atom is 0.141 e. The lowest BCUT2D eigenvalue weighted by Gasteiger charge is -2.21. The lowest BCUT2D eigenvalue weighted by molar-refractivity contribution is 0.375. The zero-order valence-corrected chi connectivity index (χ0v) is 14.8. The van der Waals surface area contributed by atoms with E-state index in [0.717, 1.165) is 34.4 Å². The maximum atomic E-state index is 5.74. The second-order valence-corrected chi connectivity index (χ2v) is 5.92. The Morgan fingerprint density at radius 2 is 1.86 bits per heavy atom. The highest BCUT2D eigenvalue weighted by molar-refractivity contribution is 9.10. The number of nitrogens with two attached hydrogens (primary N) is 1. The van der Waals surface area contributed by atoms with Crippen LogP contribution in [0.1, 0.15) is 57.1 Å². The van der Waals surface area contributed by atoms with Crippen LogP contribution in [0.4, 0.5) is 0 Å². The van der Waals surface area contributed by atoms with E-state index in [1.165, 1.54) is 25.7 Å². The van der Waals surface area contributed by atoms with Crippen LogP contribution in [0.25, 0.3) is 0 Å². The molecule has 3 N–H and O–H groups in total. The van der Waals surface area contributed by atoms with E-state index < -0.39 is 0 Å². The average Bonchev–Trinajstić information content (AvgIpc) is 2.51. The van der Waals surface area contributed by atoms with E-state index in [1.807, 2.05) is 12.1 Å². The number of ether oxygens (including phenoxy) is 2. The van der Waals surface area contributed by atoms with Crippen molar-refractivity contribution < 1.29 is 9.47 Å². The van der Waals surface area contributed by atoms with Gasteiger partial charge in [-0.1, -0.05) is 39.0 Å². The Kier molecular flexibility index (Phi) is 8.73. The minimum absolute atomic E-state index is 0.0868. The Hall–Kier alpha value is -0.780. The summed E-state index contributed by atoms with van der Waals surface area (Å²) in [5.74, 6) is 7.28. The van der Waals surface area contributed by atoms with Crippen molar-refractivity contribution in [3.63, 3.8) is 0 Å². The number of nitrogens with one attached hydrogen (secondary N) is 1. The summed E-state index contributed by atoms with van der Waals surface area (Å²) in [4.78, 5) is 0. The van der Waals surface area contributed by atoms with Gasteiger partial charge in [-0.3, -0.25) is 11.3 Å². The minimum atomic E-state index is 0.0868. The zero-order chi connectivity index (χ0) is 15.7. The standard InChI is InChI=1S/C16H27BrN2O2/c1-4-5-6-7-8-9-13(19-18)12-10-11-14(20-2)15(17)16(12)21-3/h10-11,13,19H,4-9,18H2,1-3H3. The van der Waals surface area contributed by atoms with E-state index in [0.29, 0.717) is 0 Å². The Bertz CT molecular complexity index is 427. The molecular weight excluding hydrogens is 332 g/mol. The van der Waals surface area contributed by atoms with Crippen molar-refractivity contribution in [3.05, 3.63) is 22.2 Å². The van der Waals surface area contributed by atoms with Crippen molar-refractivity contribution >= 4 is 15.9 Å². The number of halogens is 1. The third kappa shape index (κ3) is 5.16. The van der Waals surface area contributed by atoms with E-state index in [4.69, 9.17) is 15.3 Å². The largest absolute Gasteiger partial charge is 0.495 e. The van der Waals surface area contributed by atoms with Gasteiger partial charge in [-0.25, -0.2) is 0 Å². The highest BCUT2D eigenvalue weighted by Crippen LogP contribution is 2.40. The number of hydrogen-bond acceptors (Lipinski definition) is 4. The molecule has 0 aliphatic rings. The van der Waals surface area contributed by atoms with Gasteiger partial charge in [0.05, 0.1) is 14.2 Å². The van der Waals surface area contributed by atoms with Crippen LogP contribution >= 0.6 is 15.9 Å². The highest BCUT2D eigenvalue weighted by Gasteiger charge is 2.19. The number of hydrogen-bond donors (Lipinski definition) is 2. The Balaban J connectivity index is 2.78. The van der Waals surface area contributed by atoms with Crippen LogP contribution < -0.4 is 20.7 Å². The van der Waals surface area contributed by atoms with E-state index in [9.17, 15) is 0 Å². The van der Waals surface area contributed by atoms with Gasteiger partial charge in [0.15, 0.2) is 0 Å². The molecule has 0 heterocycles. The molecule has 120 valence electrons. The van der Waals surface area contributed by atoms with Crippen LogP contribution in [0, 0.1) is 0 Å². The number of rotatable bonds is 10. The van der Waals surface area contributed by atoms with Crippen molar-refractivity contribution in [3.8, 4) is 11.5 Å². The molecule has 1 unspecified atom stereocenters. The van der Waals surface area contributed by atoms with Crippen LogP contribution in [-0.4, -0.2) is 14.2 Å². The fourth-order valence-corrected chi connectivity index (χ4v) is 3.16. The number of methoxy groups -OCH3 is 2. The van der Waals surface area contributed by atoms with Gasteiger partial charge >= 0.3 is 0 Å². The summed E-state index contributed by atoms with van der Waals surface area (Å²) in [7, 11) is 3.31. The quantitative estimate of drug-likeness (QED) is 0.371. The SMILES string of the molecule is CCCCCCCC(NN)c1ccc(OC)c(Br)c1OC. The summed E-state index contributed by atoms with van der Waals surface area (Å²) >= 11 is 3.53. The molecule has 0 radical (unpaired) electrons. The molecule has 0 aliphatic carbocycles. The molecular formula is C16H27BrN2O2. The monoisotopic (exact) mass is 358 g/mol. The third-order valence-electron chi connectivity index (χ3n) is 3.69. The molecule has 0 amide bonds. The predicted molar refractivity (Wildman–Crippen MR) is 90.7 cm³/mol. The molecule has 0 spiro atoms. The zero-order valence-electron chi connectivity index (χ0n) is 13.2. The lowest BCUT2D eigenvalue weighted by atomic mass is 9.99. The van der Waals surface area contributed by atoms with Gasteiger partial charge in [-0.2, -0.15) is 0 Å². The van der Waals surface area contributed by atoms with Crippen molar-refractivity contribution in [1.82, 2.24) is 5.43 Å². The van der Waals surface area contributed by atoms with Gasteiger partial charge in [-0.05, 0) is 34.5 Å². The number of unbranched alkanes of at least 4 members (excludes halogenated alkanes) is 4. The second-order valence-electron chi connectivity index (χ2n) is 5.13. The van der Waals surface area contributed by atoms with Crippen LogP contribution in [0.15, 0.2) is 16.6 Å². The molecule has 1 aromatic carbocycles. The first-order valence-electron chi connectivity index (χ1n) is 7.56. The molecule has 1 atom stereocenters. The van der Waals surface area contributed by atoms with Gasteiger partial charge in [0, 0.05) is 11.6 Å². The summed E-state index contributed by atoms with van der Waals surface area (Å²) in [6, 6.07) is 4.03. The fourth-order valence-electron chi connectivity index (χ4n) is 2.47. The van der Waals surface area contributed by atoms with E-state index in [2.05, 4.69) is 28.3 Å². The Labute approximate surface area is 136 Å². The topological polar surface area (TPSA) is 56.5 Å². The number of benzene rings is 1. The predicted octanol–water partition coefficient (Wildman–Crippen LogP) is 4.33. The average molecular weight is 359 g/mol. The smallest absolute Gasteiger partial charge is 0.141 e. The normalized spacial score (nSPS) is 12.2. The molecule has 0 fully saturated rings. The first-order chi connectivity index (χ1) is 10.2. The van der Waals surface area contributed by atoms with Crippen LogP contribution in [0.5, 0.6) is 11.5 Å². The van der Waals surface area contributed by atoms with Gasteiger partial charge in [0.25, 0.3) is 0 Å². The molecule has 1 rings (SSSR count). The minimum Gasteiger partial charge on any atom is -0.495 e. The van der Waals surface area contributed by atoms with Crippen molar-refractivity contribution in [1.29, 1.82) is 0 Å². The summed E-state index contributed by atoms with van der Waals surface area (Å²) in [6.45, 7) is 2.23. The van der Waals surface area contributed by atoms with E-state index in [1.54, 1.807) is 14.2 Å². The van der Waals surface area contributed by atoms with Gasteiger partial charge in [0.2, 0.25) is 0 Å². The third-order valence-corrected chi connectivity index (χ3v) is 4.44. The van der Waals surface area contributed by atoms with Gasteiger partial charge in [-0.15, -0.1) is 0 Å². The lowest BCUT2D eigenvalue weighted by Crippen LogP contribution is -2.28. The maximum absolute atomic E-state index is 5.74. The molecule has 0 aromatic heterocycles. The van der Waals surface area contributed by atoms with Crippen LogP contribution in [-0.2, 0) is 0 Å². The molecule has 4 nitrogen and oxygen atoms in total. The van der Waals surface area contributed by atoms with E-state index >= 15 is 0 Å². The Morgan fingerprint density at radius 3 is 2.43 bits per heavy atom. The fraction of sp³-hybridized carbons (Fsp3) is 0.625. The molecule has 5 heteroatoms. The molecule has 0 aliphatic heterocycles. The van der Waals surface area contributed by atoms with Crippen LogP contribution in [0.3, 0.4) is 0 Å². The molecule has 1 aromatic rings.